The average molecular weight is 385 g/mol. The number of benzene rings is 1. The van der Waals surface area contributed by atoms with Crippen molar-refractivity contribution >= 4 is 17.4 Å². The Morgan fingerprint density at radius 1 is 1.30 bits per heavy atom. The Balaban J connectivity index is 2.21. The van der Waals surface area contributed by atoms with Crippen molar-refractivity contribution in [1.82, 2.24) is 4.90 Å². The maximum absolute atomic E-state index is 12.9. The number of nitrogens with zero attached hydrogens (tertiary/aromatic N) is 1. The molecule has 5 nitrogen and oxygen atoms in total. The van der Waals surface area contributed by atoms with E-state index in [0.717, 1.165) is 12.1 Å². The minimum absolute atomic E-state index is 0.0468. The fourth-order valence-corrected chi connectivity index (χ4v) is 2.98. The highest BCUT2D eigenvalue weighted by Gasteiger charge is 2.30. The number of ether oxygens (including phenoxy) is 1. The first kappa shape index (κ1) is 21.0. The molecule has 0 aromatic heterocycles. The molecule has 148 valence electrons. The molecule has 1 N–H and O–H groups in total. The molecule has 1 aromatic rings. The number of carbonyl (C=O) groups is 2. The van der Waals surface area contributed by atoms with Crippen molar-refractivity contribution in [2.45, 2.75) is 38.4 Å². The van der Waals surface area contributed by atoms with E-state index in [-0.39, 0.29) is 19.0 Å². The topological polar surface area (TPSA) is 66.8 Å². The van der Waals surface area contributed by atoms with Gasteiger partial charge in [-0.1, -0.05) is 12.1 Å². The van der Waals surface area contributed by atoms with Crippen LogP contribution in [0, 0.1) is 0 Å². The summed E-state index contributed by atoms with van der Waals surface area (Å²) >= 11 is 0. The molecule has 0 saturated carbocycles. The molecule has 1 heterocycles. The molecule has 0 bridgehead atoms. The molecular formula is C19H22F3NO4. The third kappa shape index (κ3) is 6.09. The minimum Gasteiger partial charge on any atom is -0.481 e. The molecular weight excluding hydrogens is 363 g/mol. The quantitative estimate of drug-likeness (QED) is 0.760. The van der Waals surface area contributed by atoms with Gasteiger partial charge in [-0.2, -0.15) is 13.2 Å². The average Bonchev–Trinajstić information content (AvgIpc) is 2.62. The van der Waals surface area contributed by atoms with Crippen LogP contribution in [0.1, 0.15) is 37.3 Å². The molecule has 0 aliphatic carbocycles. The summed E-state index contributed by atoms with van der Waals surface area (Å²) in [6, 6.07) is 4.62. The molecule has 27 heavy (non-hydrogen) atoms. The number of amides is 1. The van der Waals surface area contributed by atoms with Crippen LogP contribution >= 0.6 is 0 Å². The smallest absolute Gasteiger partial charge is 0.416 e. The summed E-state index contributed by atoms with van der Waals surface area (Å²) in [5, 5.41) is 8.92. The van der Waals surface area contributed by atoms with E-state index in [1.54, 1.807) is 6.92 Å². The highest BCUT2D eigenvalue weighted by Crippen LogP contribution is 2.31. The number of alkyl halides is 3. The summed E-state index contributed by atoms with van der Waals surface area (Å²) < 4.78 is 43.9. The van der Waals surface area contributed by atoms with E-state index in [2.05, 4.69) is 0 Å². The molecule has 8 heteroatoms. The lowest BCUT2D eigenvalue weighted by molar-refractivity contribution is -0.139. The number of allylic oxidation sites excluding steroid dienone is 1. The van der Waals surface area contributed by atoms with Crippen LogP contribution in [0.25, 0.3) is 5.57 Å². The molecule has 0 unspecified atom stereocenters. The van der Waals surface area contributed by atoms with Crippen molar-refractivity contribution in [1.29, 1.82) is 0 Å². The summed E-state index contributed by atoms with van der Waals surface area (Å²) in [6.45, 7) is 2.58. The highest BCUT2D eigenvalue weighted by molar-refractivity contribution is 5.95. The number of hydrogen-bond donors (Lipinski definition) is 1. The van der Waals surface area contributed by atoms with E-state index in [9.17, 15) is 22.8 Å². The standard InChI is InChI=1S/C19H22F3NO4/c1-13(14-3-2-4-15(12-14)19(20,21)22)11-17(24)23(8-5-18(25)26)16-6-9-27-10-7-16/h2-4,11-12,16H,5-10H2,1H3,(H,25,26)/b13-11+. The summed E-state index contributed by atoms with van der Waals surface area (Å²) in [4.78, 5) is 25.1. The molecule has 1 aromatic carbocycles. The first-order valence-corrected chi connectivity index (χ1v) is 8.64. The van der Waals surface area contributed by atoms with Gasteiger partial charge in [-0.15, -0.1) is 0 Å². The fourth-order valence-electron chi connectivity index (χ4n) is 2.98. The van der Waals surface area contributed by atoms with E-state index >= 15 is 0 Å². The molecule has 2 rings (SSSR count). The number of carboxylic acid groups (broad SMARTS) is 1. The van der Waals surface area contributed by atoms with Crippen LogP contribution in [0.4, 0.5) is 13.2 Å². The van der Waals surface area contributed by atoms with E-state index in [1.165, 1.54) is 23.1 Å². The largest absolute Gasteiger partial charge is 0.481 e. The van der Waals surface area contributed by atoms with Crippen molar-refractivity contribution in [3.63, 3.8) is 0 Å². The Bertz CT molecular complexity index is 709. The second-order valence-electron chi connectivity index (χ2n) is 6.42. The van der Waals surface area contributed by atoms with Gasteiger partial charge in [0.15, 0.2) is 0 Å². The van der Waals surface area contributed by atoms with Gasteiger partial charge in [-0.05, 0) is 43.0 Å². The van der Waals surface area contributed by atoms with Crippen molar-refractivity contribution in [3.8, 4) is 0 Å². The van der Waals surface area contributed by atoms with Gasteiger partial charge < -0.3 is 14.7 Å². The zero-order valence-electron chi connectivity index (χ0n) is 15.0. The number of hydrogen-bond acceptors (Lipinski definition) is 3. The maximum atomic E-state index is 12.9. The summed E-state index contributed by atoms with van der Waals surface area (Å²) in [7, 11) is 0. The van der Waals surface area contributed by atoms with Gasteiger partial charge in [0.1, 0.15) is 0 Å². The predicted octanol–water partition coefficient (Wildman–Crippen LogP) is 3.59. The Labute approximate surface area is 155 Å². The van der Waals surface area contributed by atoms with Crippen LogP contribution in [0.3, 0.4) is 0 Å². The van der Waals surface area contributed by atoms with E-state index in [1.807, 2.05) is 0 Å². The Morgan fingerprint density at radius 2 is 1.96 bits per heavy atom. The monoisotopic (exact) mass is 385 g/mol. The lowest BCUT2D eigenvalue weighted by Gasteiger charge is -2.33. The van der Waals surface area contributed by atoms with Crippen molar-refractivity contribution in [3.05, 3.63) is 41.5 Å². The van der Waals surface area contributed by atoms with Gasteiger partial charge >= 0.3 is 12.1 Å². The Kier molecular flexibility index (Phi) is 7.01. The molecule has 1 aliphatic rings. The molecule has 0 radical (unpaired) electrons. The minimum atomic E-state index is -4.46. The van der Waals surface area contributed by atoms with Crippen LogP contribution in [0.15, 0.2) is 30.3 Å². The third-order valence-electron chi connectivity index (χ3n) is 4.47. The Morgan fingerprint density at radius 3 is 2.56 bits per heavy atom. The van der Waals surface area contributed by atoms with E-state index in [4.69, 9.17) is 9.84 Å². The maximum Gasteiger partial charge on any atom is 0.416 e. The zero-order valence-corrected chi connectivity index (χ0v) is 15.0. The van der Waals surface area contributed by atoms with Gasteiger partial charge in [0, 0.05) is 31.9 Å². The van der Waals surface area contributed by atoms with Crippen molar-refractivity contribution in [2.75, 3.05) is 19.8 Å². The number of carboxylic acids is 1. The lowest BCUT2D eigenvalue weighted by atomic mass is 10.0. The van der Waals surface area contributed by atoms with Crippen molar-refractivity contribution in [2.24, 2.45) is 0 Å². The first-order chi connectivity index (χ1) is 12.7. The molecule has 1 saturated heterocycles. The molecule has 0 spiro atoms. The summed E-state index contributed by atoms with van der Waals surface area (Å²) in [6.07, 6.45) is -2.19. The molecule has 1 amide bonds. The number of rotatable bonds is 6. The normalized spacial score (nSPS) is 16.2. The van der Waals surface area contributed by atoms with Crippen LogP contribution in [0.2, 0.25) is 0 Å². The lowest BCUT2D eigenvalue weighted by Crippen LogP contribution is -2.43. The third-order valence-corrected chi connectivity index (χ3v) is 4.47. The van der Waals surface area contributed by atoms with Crippen LogP contribution in [0.5, 0.6) is 0 Å². The van der Waals surface area contributed by atoms with Gasteiger partial charge in [0.2, 0.25) is 5.91 Å². The number of halogens is 3. The summed E-state index contributed by atoms with van der Waals surface area (Å²) in [5.74, 6) is -1.42. The second kappa shape index (κ2) is 9.03. The summed E-state index contributed by atoms with van der Waals surface area (Å²) in [5.41, 5.74) is -0.103. The van der Waals surface area contributed by atoms with Gasteiger partial charge in [0.25, 0.3) is 0 Å². The second-order valence-corrected chi connectivity index (χ2v) is 6.42. The molecule has 0 atom stereocenters. The Hall–Kier alpha value is -2.35. The van der Waals surface area contributed by atoms with Crippen molar-refractivity contribution < 1.29 is 32.6 Å². The van der Waals surface area contributed by atoms with E-state index in [0.29, 0.717) is 37.2 Å². The van der Waals surface area contributed by atoms with Gasteiger partial charge in [0.05, 0.1) is 12.0 Å². The number of carbonyl (C=O) groups excluding carboxylic acids is 1. The highest BCUT2D eigenvalue weighted by atomic mass is 19.4. The first-order valence-electron chi connectivity index (χ1n) is 8.64. The fraction of sp³-hybridized carbons (Fsp3) is 0.474. The zero-order chi connectivity index (χ0) is 20.0. The van der Waals surface area contributed by atoms with Gasteiger partial charge in [-0.3, -0.25) is 9.59 Å². The van der Waals surface area contributed by atoms with E-state index < -0.39 is 23.6 Å². The van der Waals surface area contributed by atoms with Gasteiger partial charge in [-0.25, -0.2) is 0 Å². The van der Waals surface area contributed by atoms with Crippen LogP contribution in [-0.4, -0.2) is 47.7 Å². The number of aliphatic carboxylic acids is 1. The molecule has 1 fully saturated rings. The molecule has 1 aliphatic heterocycles. The predicted molar refractivity (Wildman–Crippen MR) is 92.9 cm³/mol. The SMILES string of the molecule is C/C(=C\C(=O)N(CCC(=O)O)C1CCOCC1)c1cccc(C(F)(F)F)c1. The van der Waals surface area contributed by atoms with Crippen LogP contribution in [-0.2, 0) is 20.5 Å². The van der Waals surface area contributed by atoms with Crippen LogP contribution < -0.4 is 0 Å².